The number of nitrogens with zero attached hydrogens (tertiary/aromatic N) is 8. The first kappa shape index (κ1) is 25.8. The van der Waals surface area contributed by atoms with Crippen LogP contribution in [0.5, 0.6) is 0 Å². The molecule has 0 N–H and O–H groups in total. The van der Waals surface area contributed by atoms with Gasteiger partial charge in [0.2, 0.25) is 5.89 Å². The Morgan fingerprint density at radius 1 is 1.08 bits per heavy atom. The van der Waals surface area contributed by atoms with E-state index in [1.54, 1.807) is 17.6 Å². The van der Waals surface area contributed by atoms with Gasteiger partial charge in [-0.05, 0) is 32.9 Å². The van der Waals surface area contributed by atoms with Gasteiger partial charge in [0.25, 0.3) is 0 Å². The minimum Gasteiger partial charge on any atom is -0.372 e. The van der Waals surface area contributed by atoms with Crippen LogP contribution in [0.25, 0.3) is 11.5 Å². The number of aryl methyl sites for hydroxylation is 2. The normalized spacial score (nSPS) is 14.5. The van der Waals surface area contributed by atoms with Gasteiger partial charge in [0.1, 0.15) is 23.4 Å². The minimum absolute atomic E-state index is 0.196. The third kappa shape index (κ3) is 5.27. The molecule has 0 radical (unpaired) electrons. The highest BCUT2D eigenvalue weighted by molar-refractivity contribution is 7.91. The zero-order chi connectivity index (χ0) is 26.0. The summed E-state index contributed by atoms with van der Waals surface area (Å²) in [5.41, 5.74) is 1.31. The van der Waals surface area contributed by atoms with Crippen LogP contribution in [0.4, 0.5) is 0 Å². The number of hydrogen-bond donors (Lipinski definition) is 0. The summed E-state index contributed by atoms with van der Waals surface area (Å²) in [4.78, 5) is 17.1. The van der Waals surface area contributed by atoms with Gasteiger partial charge in [0.15, 0.2) is 27.3 Å². The molecule has 0 amide bonds. The summed E-state index contributed by atoms with van der Waals surface area (Å²) in [6.45, 7) is 6.88. The molecule has 0 aliphatic heterocycles. The van der Waals surface area contributed by atoms with Crippen LogP contribution in [-0.2, 0) is 20.3 Å². The van der Waals surface area contributed by atoms with Gasteiger partial charge in [-0.25, -0.2) is 23.4 Å². The standard InChI is InChI=1S/C22H25ClN8O4S/c1-12-7-6-8-17(26-12)22-29-28-18(31(22)13(2)20-27-15(4)35-30-20)11-36(32,33)14(3)19(34-5)21-24-9-16(23)10-25-21/h6-10,13-14,19H,11H2,1-5H3/t13-,14-,19-/m0/s1. The fourth-order valence-electron chi connectivity index (χ4n) is 3.75. The van der Waals surface area contributed by atoms with Crippen LogP contribution >= 0.6 is 11.6 Å². The third-order valence-corrected chi connectivity index (χ3v) is 7.90. The number of rotatable bonds is 9. The number of methoxy groups -OCH3 is 1. The highest BCUT2D eigenvalue weighted by Crippen LogP contribution is 2.29. The van der Waals surface area contributed by atoms with E-state index in [2.05, 4.69) is 35.3 Å². The monoisotopic (exact) mass is 532 g/mol. The molecule has 190 valence electrons. The topological polar surface area (TPSA) is 152 Å². The van der Waals surface area contributed by atoms with Crippen molar-refractivity contribution < 1.29 is 17.7 Å². The second-order valence-corrected chi connectivity index (χ2v) is 11.0. The summed E-state index contributed by atoms with van der Waals surface area (Å²) in [5.74, 6) is 1.10. The molecule has 0 unspecified atom stereocenters. The van der Waals surface area contributed by atoms with Crippen LogP contribution in [0.1, 0.15) is 55.1 Å². The van der Waals surface area contributed by atoms with Crippen LogP contribution < -0.4 is 0 Å². The van der Waals surface area contributed by atoms with Crippen molar-refractivity contribution in [2.45, 2.75) is 50.8 Å². The van der Waals surface area contributed by atoms with Gasteiger partial charge in [0, 0.05) is 32.1 Å². The Morgan fingerprint density at radius 2 is 1.81 bits per heavy atom. The lowest BCUT2D eigenvalue weighted by Crippen LogP contribution is -2.30. The first-order valence-electron chi connectivity index (χ1n) is 11.0. The molecule has 0 aliphatic rings. The molecule has 3 atom stereocenters. The summed E-state index contributed by atoms with van der Waals surface area (Å²) < 4.78 is 39.4. The summed E-state index contributed by atoms with van der Waals surface area (Å²) in [5, 5.41) is 11.9. The van der Waals surface area contributed by atoms with E-state index in [-0.39, 0.29) is 11.6 Å². The SMILES string of the molecule is CO[C@H](c1ncc(Cl)cn1)[C@H](C)S(=O)(=O)Cc1nnc(-c2cccc(C)n2)n1[C@@H](C)c1noc(C)n1. The smallest absolute Gasteiger partial charge is 0.223 e. The molecule has 0 saturated heterocycles. The minimum atomic E-state index is -3.84. The van der Waals surface area contributed by atoms with Gasteiger partial charge in [-0.15, -0.1) is 10.2 Å². The van der Waals surface area contributed by atoms with Crippen molar-refractivity contribution in [2.75, 3.05) is 7.11 Å². The van der Waals surface area contributed by atoms with Gasteiger partial charge >= 0.3 is 0 Å². The Hall–Kier alpha value is -3.29. The predicted molar refractivity (Wildman–Crippen MR) is 130 cm³/mol. The number of aromatic nitrogens is 8. The molecule has 4 rings (SSSR count). The first-order chi connectivity index (χ1) is 17.1. The van der Waals surface area contributed by atoms with Crippen molar-refractivity contribution in [1.82, 2.24) is 39.9 Å². The summed E-state index contributed by atoms with van der Waals surface area (Å²) in [7, 11) is -2.44. The zero-order valence-electron chi connectivity index (χ0n) is 20.3. The second-order valence-electron chi connectivity index (χ2n) is 8.25. The van der Waals surface area contributed by atoms with Crippen molar-refractivity contribution in [1.29, 1.82) is 0 Å². The number of pyridine rings is 1. The van der Waals surface area contributed by atoms with Crippen LogP contribution in [0.3, 0.4) is 0 Å². The second kappa shape index (κ2) is 10.4. The molecule has 4 aromatic rings. The van der Waals surface area contributed by atoms with E-state index in [0.29, 0.717) is 28.3 Å². The van der Waals surface area contributed by atoms with Crippen LogP contribution in [0.2, 0.25) is 5.02 Å². The maximum Gasteiger partial charge on any atom is 0.223 e. The zero-order valence-corrected chi connectivity index (χ0v) is 21.9. The van der Waals surface area contributed by atoms with E-state index in [4.69, 9.17) is 20.9 Å². The highest BCUT2D eigenvalue weighted by Gasteiger charge is 2.35. The largest absolute Gasteiger partial charge is 0.372 e. The van der Waals surface area contributed by atoms with E-state index in [9.17, 15) is 8.42 Å². The average Bonchev–Trinajstić information content (AvgIpc) is 3.46. The number of ether oxygens (including phenoxy) is 1. The molecular formula is C22H25ClN8O4S. The molecule has 12 nitrogen and oxygen atoms in total. The fraction of sp³-hybridized carbons (Fsp3) is 0.409. The fourth-order valence-corrected chi connectivity index (χ4v) is 5.27. The molecule has 0 aliphatic carbocycles. The molecule has 14 heteroatoms. The number of sulfone groups is 1. The molecule has 0 spiro atoms. The third-order valence-electron chi connectivity index (χ3n) is 5.66. The van der Waals surface area contributed by atoms with Gasteiger partial charge in [-0.1, -0.05) is 22.8 Å². The van der Waals surface area contributed by atoms with Gasteiger partial charge in [0.05, 0.1) is 16.3 Å². The average molecular weight is 533 g/mol. The van der Waals surface area contributed by atoms with Crippen LogP contribution in [0.15, 0.2) is 35.1 Å². The molecule has 0 bridgehead atoms. The Balaban J connectivity index is 1.74. The van der Waals surface area contributed by atoms with Crippen molar-refractivity contribution in [3.05, 3.63) is 64.7 Å². The van der Waals surface area contributed by atoms with Gasteiger partial charge < -0.3 is 9.26 Å². The summed E-state index contributed by atoms with van der Waals surface area (Å²) >= 11 is 5.87. The first-order valence-corrected chi connectivity index (χ1v) is 13.1. The maximum absolute atomic E-state index is 13.5. The van der Waals surface area contributed by atoms with Crippen molar-refractivity contribution in [3.63, 3.8) is 0 Å². The van der Waals surface area contributed by atoms with Gasteiger partial charge in [-0.3, -0.25) is 4.57 Å². The molecule has 0 fully saturated rings. The van der Waals surface area contributed by atoms with Crippen molar-refractivity contribution in [3.8, 4) is 11.5 Å². The predicted octanol–water partition coefficient (Wildman–Crippen LogP) is 3.08. The Bertz CT molecular complexity index is 1450. The van der Waals surface area contributed by atoms with Gasteiger partial charge in [-0.2, -0.15) is 4.98 Å². The molecule has 4 heterocycles. The summed E-state index contributed by atoms with van der Waals surface area (Å²) in [6.07, 6.45) is 1.86. The molecule has 0 aromatic carbocycles. The lowest BCUT2D eigenvalue weighted by atomic mass is 10.2. The van der Waals surface area contributed by atoms with E-state index in [1.165, 1.54) is 26.4 Å². The quantitative estimate of drug-likeness (QED) is 0.312. The van der Waals surface area contributed by atoms with E-state index < -0.39 is 33.0 Å². The molecular weight excluding hydrogens is 508 g/mol. The summed E-state index contributed by atoms with van der Waals surface area (Å²) in [6, 6.07) is 4.94. The molecule has 4 aromatic heterocycles. The Morgan fingerprint density at radius 3 is 2.42 bits per heavy atom. The van der Waals surface area contributed by atoms with Crippen LogP contribution in [-0.4, -0.2) is 60.6 Å². The number of halogens is 1. The lowest BCUT2D eigenvalue weighted by Gasteiger charge is -2.22. The highest BCUT2D eigenvalue weighted by atomic mass is 35.5. The molecule has 36 heavy (non-hydrogen) atoms. The van der Waals surface area contributed by atoms with E-state index in [1.807, 2.05) is 26.0 Å². The Kier molecular flexibility index (Phi) is 7.43. The lowest BCUT2D eigenvalue weighted by molar-refractivity contribution is 0.0948. The van der Waals surface area contributed by atoms with Crippen LogP contribution in [0, 0.1) is 13.8 Å². The maximum atomic E-state index is 13.5. The Labute approximate surface area is 213 Å². The van der Waals surface area contributed by atoms with Crippen molar-refractivity contribution >= 4 is 21.4 Å². The molecule has 0 saturated carbocycles. The number of hydrogen-bond acceptors (Lipinski definition) is 11. The van der Waals surface area contributed by atoms with Crippen molar-refractivity contribution in [2.24, 2.45) is 0 Å². The van der Waals surface area contributed by atoms with E-state index >= 15 is 0 Å². The van der Waals surface area contributed by atoms with E-state index in [0.717, 1.165) is 5.69 Å².